The van der Waals surface area contributed by atoms with E-state index in [1.54, 1.807) is 11.3 Å². The molecule has 2 atom stereocenters. The van der Waals surface area contributed by atoms with Crippen LogP contribution in [0.3, 0.4) is 0 Å². The molecule has 2 aromatic rings. The predicted molar refractivity (Wildman–Crippen MR) is 112 cm³/mol. The lowest BCUT2D eigenvalue weighted by atomic mass is 9.80. The molecule has 2 amide bonds. The molecule has 0 saturated heterocycles. The number of amides is 2. The Morgan fingerprint density at radius 1 is 1.21 bits per heavy atom. The van der Waals surface area contributed by atoms with Crippen LogP contribution in [0.5, 0.6) is 0 Å². The Morgan fingerprint density at radius 2 is 2.00 bits per heavy atom. The number of nitrogens with zero attached hydrogens (tertiary/aromatic N) is 1. The van der Waals surface area contributed by atoms with Gasteiger partial charge in [-0.2, -0.15) is 0 Å². The van der Waals surface area contributed by atoms with Gasteiger partial charge >= 0.3 is 0 Å². The molecule has 1 aromatic carbocycles. The first kappa shape index (κ1) is 19.2. The zero-order chi connectivity index (χ0) is 19.7. The van der Waals surface area contributed by atoms with Crippen LogP contribution in [0.2, 0.25) is 0 Å². The van der Waals surface area contributed by atoms with Gasteiger partial charge in [0, 0.05) is 23.5 Å². The van der Waals surface area contributed by atoms with E-state index < -0.39 is 0 Å². The summed E-state index contributed by atoms with van der Waals surface area (Å²) in [6.45, 7) is 5.62. The van der Waals surface area contributed by atoms with Gasteiger partial charge in [0.2, 0.25) is 5.91 Å². The Morgan fingerprint density at radius 3 is 2.64 bits per heavy atom. The van der Waals surface area contributed by atoms with Gasteiger partial charge in [-0.3, -0.25) is 9.59 Å². The molecule has 28 heavy (non-hydrogen) atoms. The third-order valence-electron chi connectivity index (χ3n) is 5.91. The summed E-state index contributed by atoms with van der Waals surface area (Å²) < 4.78 is 0. The van der Waals surface area contributed by atoms with Crippen molar-refractivity contribution in [2.75, 3.05) is 13.1 Å². The summed E-state index contributed by atoms with van der Waals surface area (Å²) in [6.07, 6.45) is 3.67. The molecule has 0 unspecified atom stereocenters. The topological polar surface area (TPSA) is 49.4 Å². The third-order valence-corrected chi connectivity index (χ3v) is 6.85. The lowest BCUT2D eigenvalue weighted by Crippen LogP contribution is -2.49. The molecule has 2 heterocycles. The second-order valence-corrected chi connectivity index (χ2v) is 9.40. The standard InChI is InChI=1S/C23H28N2O2S/c1-15(2)14-25-21(19-11-6-12-28-19)20(22(26)24-13-16-7-5-8-16)17-9-3-4-10-18(17)23(25)27/h3-4,6,9-12,15-16,20-21H,5,7-8,13-14H2,1-2H3,(H,24,26)/t20-,21-/m0/s1. The number of rotatable bonds is 6. The minimum atomic E-state index is -0.369. The average Bonchev–Trinajstić information content (AvgIpc) is 3.16. The van der Waals surface area contributed by atoms with Crippen LogP contribution >= 0.6 is 11.3 Å². The van der Waals surface area contributed by atoms with E-state index in [2.05, 4.69) is 25.2 Å². The van der Waals surface area contributed by atoms with Crippen LogP contribution in [-0.2, 0) is 4.79 Å². The van der Waals surface area contributed by atoms with E-state index in [4.69, 9.17) is 0 Å². The number of fused-ring (bicyclic) bond motifs is 1. The SMILES string of the molecule is CC(C)CN1C(=O)c2ccccc2[C@H](C(=O)NCC2CCC2)[C@@H]1c1cccs1. The van der Waals surface area contributed by atoms with E-state index in [1.807, 2.05) is 40.6 Å². The molecule has 0 spiro atoms. The first-order valence-electron chi connectivity index (χ1n) is 10.3. The summed E-state index contributed by atoms with van der Waals surface area (Å²) in [5, 5.41) is 5.23. The molecule has 2 aliphatic rings. The van der Waals surface area contributed by atoms with Crippen LogP contribution in [0.25, 0.3) is 0 Å². The van der Waals surface area contributed by atoms with Crippen molar-refractivity contribution in [3.63, 3.8) is 0 Å². The molecule has 1 saturated carbocycles. The van der Waals surface area contributed by atoms with Gasteiger partial charge in [0.05, 0.1) is 12.0 Å². The van der Waals surface area contributed by atoms with Crippen LogP contribution in [0.15, 0.2) is 41.8 Å². The van der Waals surface area contributed by atoms with Crippen molar-refractivity contribution in [2.45, 2.75) is 45.1 Å². The summed E-state index contributed by atoms with van der Waals surface area (Å²) >= 11 is 1.62. The largest absolute Gasteiger partial charge is 0.355 e. The molecule has 1 aliphatic carbocycles. The second-order valence-electron chi connectivity index (χ2n) is 8.42. The van der Waals surface area contributed by atoms with Crippen molar-refractivity contribution in [3.05, 3.63) is 57.8 Å². The van der Waals surface area contributed by atoms with Crippen molar-refractivity contribution < 1.29 is 9.59 Å². The average molecular weight is 397 g/mol. The summed E-state index contributed by atoms with van der Waals surface area (Å²) in [4.78, 5) is 29.8. The van der Waals surface area contributed by atoms with Crippen LogP contribution < -0.4 is 5.32 Å². The molecular formula is C23H28N2O2S. The number of hydrogen-bond donors (Lipinski definition) is 1. The Balaban J connectivity index is 1.74. The number of carbonyl (C=O) groups excluding carboxylic acids is 2. The minimum absolute atomic E-state index is 0.0331. The molecular weight excluding hydrogens is 368 g/mol. The zero-order valence-corrected chi connectivity index (χ0v) is 17.4. The number of hydrogen-bond acceptors (Lipinski definition) is 3. The predicted octanol–water partition coefficient (Wildman–Crippen LogP) is 4.60. The Labute approximate surface area is 170 Å². The van der Waals surface area contributed by atoms with Crippen molar-refractivity contribution in [3.8, 4) is 0 Å². The quantitative estimate of drug-likeness (QED) is 0.776. The second kappa shape index (κ2) is 8.08. The van der Waals surface area contributed by atoms with Crippen LogP contribution in [0.4, 0.5) is 0 Å². The number of benzene rings is 1. The fourth-order valence-electron chi connectivity index (χ4n) is 4.30. The molecule has 0 bridgehead atoms. The normalized spacial score (nSPS) is 22.1. The third kappa shape index (κ3) is 3.60. The van der Waals surface area contributed by atoms with Gasteiger partial charge in [-0.05, 0) is 47.8 Å². The molecule has 1 fully saturated rings. The first-order chi connectivity index (χ1) is 13.6. The van der Waals surface area contributed by atoms with E-state index in [9.17, 15) is 9.59 Å². The summed E-state index contributed by atoms with van der Waals surface area (Å²) in [5.74, 6) is 0.642. The first-order valence-corrected chi connectivity index (χ1v) is 11.1. The monoisotopic (exact) mass is 396 g/mol. The summed E-state index contributed by atoms with van der Waals surface area (Å²) in [6, 6.07) is 11.4. The summed E-state index contributed by atoms with van der Waals surface area (Å²) in [5.41, 5.74) is 1.52. The van der Waals surface area contributed by atoms with Gasteiger partial charge in [-0.1, -0.05) is 44.5 Å². The highest BCUT2D eigenvalue weighted by atomic mass is 32.1. The maximum Gasteiger partial charge on any atom is 0.254 e. The van der Waals surface area contributed by atoms with Gasteiger partial charge in [0.25, 0.3) is 5.91 Å². The van der Waals surface area contributed by atoms with Crippen molar-refractivity contribution in [2.24, 2.45) is 11.8 Å². The van der Waals surface area contributed by atoms with Gasteiger partial charge in [-0.15, -0.1) is 11.3 Å². The van der Waals surface area contributed by atoms with E-state index in [0.29, 0.717) is 23.9 Å². The lowest BCUT2D eigenvalue weighted by Gasteiger charge is -2.42. The van der Waals surface area contributed by atoms with Gasteiger partial charge < -0.3 is 10.2 Å². The zero-order valence-electron chi connectivity index (χ0n) is 16.6. The molecule has 148 valence electrons. The van der Waals surface area contributed by atoms with Gasteiger partial charge in [0.1, 0.15) is 0 Å². The maximum atomic E-state index is 13.4. The molecule has 4 nitrogen and oxygen atoms in total. The van der Waals surface area contributed by atoms with Crippen molar-refractivity contribution in [1.29, 1.82) is 0 Å². The Hall–Kier alpha value is -2.14. The highest BCUT2D eigenvalue weighted by Crippen LogP contribution is 2.44. The molecule has 0 radical (unpaired) electrons. The highest BCUT2D eigenvalue weighted by Gasteiger charge is 2.44. The van der Waals surface area contributed by atoms with E-state index in [0.717, 1.165) is 17.0 Å². The molecule has 5 heteroatoms. The van der Waals surface area contributed by atoms with Crippen LogP contribution in [0, 0.1) is 11.8 Å². The fraction of sp³-hybridized carbons (Fsp3) is 0.478. The van der Waals surface area contributed by atoms with E-state index in [-0.39, 0.29) is 23.8 Å². The van der Waals surface area contributed by atoms with E-state index in [1.165, 1.54) is 19.3 Å². The molecule has 1 aliphatic heterocycles. The Kier molecular flexibility index (Phi) is 5.54. The van der Waals surface area contributed by atoms with Crippen LogP contribution in [0.1, 0.15) is 65.9 Å². The number of nitrogens with one attached hydrogen (secondary N) is 1. The maximum absolute atomic E-state index is 13.4. The van der Waals surface area contributed by atoms with Crippen LogP contribution in [-0.4, -0.2) is 29.8 Å². The van der Waals surface area contributed by atoms with E-state index >= 15 is 0 Å². The highest BCUT2D eigenvalue weighted by molar-refractivity contribution is 7.10. The fourth-order valence-corrected chi connectivity index (χ4v) is 5.17. The number of thiophene rings is 1. The lowest BCUT2D eigenvalue weighted by molar-refractivity contribution is -0.124. The van der Waals surface area contributed by atoms with Crippen molar-refractivity contribution in [1.82, 2.24) is 10.2 Å². The molecule has 1 aromatic heterocycles. The smallest absolute Gasteiger partial charge is 0.254 e. The number of carbonyl (C=O) groups is 2. The molecule has 1 N–H and O–H groups in total. The van der Waals surface area contributed by atoms with Crippen molar-refractivity contribution >= 4 is 23.2 Å². The Bertz CT molecular complexity index is 842. The van der Waals surface area contributed by atoms with Gasteiger partial charge in [0.15, 0.2) is 0 Å². The molecule has 4 rings (SSSR count). The minimum Gasteiger partial charge on any atom is -0.355 e. The van der Waals surface area contributed by atoms with Gasteiger partial charge in [-0.25, -0.2) is 0 Å². The summed E-state index contributed by atoms with van der Waals surface area (Å²) in [7, 11) is 0.